The van der Waals surface area contributed by atoms with Crippen LogP contribution in [0.2, 0.25) is 0 Å². The topological polar surface area (TPSA) is 137 Å². The van der Waals surface area contributed by atoms with Gasteiger partial charge in [-0.15, -0.1) is 0 Å². The summed E-state index contributed by atoms with van der Waals surface area (Å²) in [6.07, 6.45) is 0. The van der Waals surface area contributed by atoms with E-state index in [0.717, 1.165) is 45.0 Å². The summed E-state index contributed by atoms with van der Waals surface area (Å²) in [4.78, 5) is 32.5. The first-order valence-corrected chi connectivity index (χ1v) is 8.75. The number of carboxylic acid groups (broad SMARTS) is 2. The molecule has 0 radical (unpaired) electrons. The monoisotopic (exact) mass is 397 g/mol. The smallest absolute Gasteiger partial charge is 0.414 e. The number of rotatable bonds is 7. The minimum atomic E-state index is -1.82. The molecule has 1 aliphatic rings. The maximum Gasteiger partial charge on any atom is 0.414 e. The standard InChI is InChI=1S/C16H25N3O3.C2H2O4/c1-13-3-4-15(21-2)14(11-13)18-16(20)12-17-5-6-19-7-9-22-10-8-19;3-1(4)2(5)6/h3-4,11,17H,5-10,12H2,1-2H3,(H,18,20);(H,3,4)(H,5,6). The first kappa shape index (κ1) is 23.3. The number of hydrogen-bond acceptors (Lipinski definition) is 7. The number of carbonyl (C=O) groups excluding carboxylic acids is 1. The number of nitrogens with one attached hydrogen (secondary N) is 2. The highest BCUT2D eigenvalue weighted by atomic mass is 16.5. The Bertz CT molecular complexity index is 649. The molecule has 4 N–H and O–H groups in total. The van der Waals surface area contributed by atoms with Crippen molar-refractivity contribution in [1.82, 2.24) is 10.2 Å². The normalized spacial score (nSPS) is 13.8. The number of methoxy groups -OCH3 is 1. The van der Waals surface area contributed by atoms with E-state index in [2.05, 4.69) is 15.5 Å². The number of carbonyl (C=O) groups is 3. The summed E-state index contributed by atoms with van der Waals surface area (Å²) >= 11 is 0. The molecule has 1 fully saturated rings. The average molecular weight is 397 g/mol. The molecular formula is C18H27N3O7. The molecule has 0 saturated carbocycles. The highest BCUT2D eigenvalue weighted by Crippen LogP contribution is 2.24. The molecule has 1 aromatic carbocycles. The lowest BCUT2D eigenvalue weighted by atomic mass is 10.2. The SMILES string of the molecule is COc1ccc(C)cc1NC(=O)CNCCN1CCOCC1.O=C(O)C(=O)O. The number of ether oxygens (including phenoxy) is 2. The highest BCUT2D eigenvalue weighted by molar-refractivity contribution is 6.27. The second-order valence-electron chi connectivity index (χ2n) is 5.99. The molecule has 1 aromatic rings. The van der Waals surface area contributed by atoms with Crippen LogP contribution in [0.1, 0.15) is 5.56 Å². The van der Waals surface area contributed by atoms with E-state index in [1.54, 1.807) is 7.11 Å². The molecule has 1 amide bonds. The second-order valence-corrected chi connectivity index (χ2v) is 5.99. The molecule has 1 aliphatic heterocycles. The molecule has 1 saturated heterocycles. The van der Waals surface area contributed by atoms with Gasteiger partial charge < -0.3 is 30.3 Å². The van der Waals surface area contributed by atoms with Crippen LogP contribution in [0.15, 0.2) is 18.2 Å². The van der Waals surface area contributed by atoms with Crippen molar-refractivity contribution in [2.75, 3.05) is 58.4 Å². The van der Waals surface area contributed by atoms with Gasteiger partial charge in [-0.3, -0.25) is 9.69 Å². The van der Waals surface area contributed by atoms with Gasteiger partial charge in [-0.2, -0.15) is 0 Å². The van der Waals surface area contributed by atoms with Crippen molar-refractivity contribution in [1.29, 1.82) is 0 Å². The van der Waals surface area contributed by atoms with Gasteiger partial charge in [0.2, 0.25) is 5.91 Å². The lowest BCUT2D eigenvalue weighted by Crippen LogP contribution is -2.41. The van der Waals surface area contributed by atoms with Crippen LogP contribution in [0.5, 0.6) is 5.75 Å². The fourth-order valence-corrected chi connectivity index (χ4v) is 2.38. The molecule has 0 aromatic heterocycles. The maximum absolute atomic E-state index is 12.0. The van der Waals surface area contributed by atoms with Crippen LogP contribution in [-0.4, -0.2) is 86.0 Å². The van der Waals surface area contributed by atoms with E-state index >= 15 is 0 Å². The first-order valence-electron chi connectivity index (χ1n) is 8.75. The van der Waals surface area contributed by atoms with Crippen LogP contribution in [0.4, 0.5) is 5.69 Å². The largest absolute Gasteiger partial charge is 0.495 e. The summed E-state index contributed by atoms with van der Waals surface area (Å²) in [5.74, 6) is -3.04. The molecule has 0 aliphatic carbocycles. The van der Waals surface area contributed by atoms with Crippen molar-refractivity contribution in [3.63, 3.8) is 0 Å². The fraction of sp³-hybridized carbons (Fsp3) is 0.500. The van der Waals surface area contributed by atoms with E-state index in [1.807, 2.05) is 25.1 Å². The van der Waals surface area contributed by atoms with Crippen LogP contribution in [-0.2, 0) is 19.1 Å². The van der Waals surface area contributed by atoms with Crippen molar-refractivity contribution in [3.8, 4) is 5.75 Å². The molecule has 156 valence electrons. The number of morpholine rings is 1. The summed E-state index contributed by atoms with van der Waals surface area (Å²) < 4.78 is 10.6. The quantitative estimate of drug-likeness (QED) is 0.370. The summed E-state index contributed by atoms with van der Waals surface area (Å²) in [6.45, 7) is 7.53. The van der Waals surface area contributed by atoms with Gasteiger partial charge in [-0.25, -0.2) is 9.59 Å². The Kier molecular flexibility index (Phi) is 10.6. The third kappa shape index (κ3) is 9.31. The Morgan fingerprint density at radius 1 is 1.18 bits per heavy atom. The van der Waals surface area contributed by atoms with E-state index in [0.29, 0.717) is 18.0 Å². The van der Waals surface area contributed by atoms with Gasteiger partial charge in [0, 0.05) is 26.2 Å². The van der Waals surface area contributed by atoms with Crippen LogP contribution < -0.4 is 15.4 Å². The minimum Gasteiger partial charge on any atom is -0.495 e. The van der Waals surface area contributed by atoms with Crippen molar-refractivity contribution >= 4 is 23.5 Å². The summed E-state index contributed by atoms with van der Waals surface area (Å²) in [5.41, 5.74) is 1.79. The van der Waals surface area contributed by atoms with Gasteiger partial charge in [-0.1, -0.05) is 6.07 Å². The second kappa shape index (κ2) is 12.7. The number of anilines is 1. The van der Waals surface area contributed by atoms with Gasteiger partial charge in [0.15, 0.2) is 0 Å². The van der Waals surface area contributed by atoms with Gasteiger partial charge in [-0.05, 0) is 24.6 Å². The molecule has 2 rings (SSSR count). The van der Waals surface area contributed by atoms with Gasteiger partial charge in [0.1, 0.15) is 5.75 Å². The lowest BCUT2D eigenvalue weighted by Gasteiger charge is -2.26. The summed E-state index contributed by atoms with van der Waals surface area (Å²) in [5, 5.41) is 20.8. The molecule has 28 heavy (non-hydrogen) atoms. The lowest BCUT2D eigenvalue weighted by molar-refractivity contribution is -0.159. The molecular weight excluding hydrogens is 370 g/mol. The zero-order chi connectivity index (χ0) is 20.9. The van der Waals surface area contributed by atoms with Crippen molar-refractivity contribution < 1.29 is 34.1 Å². The van der Waals surface area contributed by atoms with Crippen molar-refractivity contribution in [2.24, 2.45) is 0 Å². The molecule has 1 heterocycles. The molecule has 0 spiro atoms. The predicted octanol–water partition coefficient (Wildman–Crippen LogP) is 0.0195. The molecule has 10 nitrogen and oxygen atoms in total. The predicted molar refractivity (Wildman–Crippen MR) is 102 cm³/mol. The Balaban J connectivity index is 0.000000568. The Morgan fingerprint density at radius 2 is 1.82 bits per heavy atom. The fourth-order valence-electron chi connectivity index (χ4n) is 2.38. The van der Waals surface area contributed by atoms with Crippen LogP contribution in [0.3, 0.4) is 0 Å². The van der Waals surface area contributed by atoms with Gasteiger partial charge in [0.25, 0.3) is 0 Å². The van der Waals surface area contributed by atoms with Crippen LogP contribution in [0.25, 0.3) is 0 Å². The number of hydrogen-bond donors (Lipinski definition) is 4. The number of aryl methyl sites for hydroxylation is 1. The Hall–Kier alpha value is -2.69. The molecule has 0 unspecified atom stereocenters. The van der Waals surface area contributed by atoms with Crippen LogP contribution in [0, 0.1) is 6.92 Å². The van der Waals surface area contributed by atoms with E-state index in [4.69, 9.17) is 29.3 Å². The minimum absolute atomic E-state index is 0.0640. The Morgan fingerprint density at radius 3 is 2.39 bits per heavy atom. The number of amides is 1. The van der Waals surface area contributed by atoms with E-state index in [1.165, 1.54) is 0 Å². The first-order chi connectivity index (χ1) is 13.3. The number of aliphatic carboxylic acids is 2. The van der Waals surface area contributed by atoms with Gasteiger partial charge in [0.05, 0.1) is 32.6 Å². The summed E-state index contributed by atoms with van der Waals surface area (Å²) in [6, 6.07) is 5.72. The summed E-state index contributed by atoms with van der Waals surface area (Å²) in [7, 11) is 1.60. The molecule has 0 atom stereocenters. The number of carboxylic acids is 2. The number of nitrogens with zero attached hydrogens (tertiary/aromatic N) is 1. The molecule has 0 bridgehead atoms. The van der Waals surface area contributed by atoms with Gasteiger partial charge >= 0.3 is 11.9 Å². The third-order valence-corrected chi connectivity index (χ3v) is 3.81. The maximum atomic E-state index is 12.0. The van der Waals surface area contributed by atoms with Crippen LogP contribution >= 0.6 is 0 Å². The van der Waals surface area contributed by atoms with E-state index < -0.39 is 11.9 Å². The molecule has 10 heteroatoms. The van der Waals surface area contributed by atoms with E-state index in [-0.39, 0.29) is 5.91 Å². The average Bonchev–Trinajstić information content (AvgIpc) is 2.67. The third-order valence-electron chi connectivity index (χ3n) is 3.81. The zero-order valence-electron chi connectivity index (χ0n) is 16.1. The van der Waals surface area contributed by atoms with Crippen molar-refractivity contribution in [2.45, 2.75) is 6.92 Å². The highest BCUT2D eigenvalue weighted by Gasteiger charge is 2.10. The van der Waals surface area contributed by atoms with Crippen molar-refractivity contribution in [3.05, 3.63) is 23.8 Å². The Labute approximate surface area is 163 Å². The number of benzene rings is 1. The zero-order valence-corrected chi connectivity index (χ0v) is 16.1. The van der Waals surface area contributed by atoms with E-state index in [9.17, 15) is 4.79 Å².